The third kappa shape index (κ3) is 4.98. The van der Waals surface area contributed by atoms with Crippen LogP contribution in [0.5, 0.6) is 0 Å². The summed E-state index contributed by atoms with van der Waals surface area (Å²) in [6, 6.07) is 0. The highest BCUT2D eigenvalue weighted by molar-refractivity contribution is 7.93. The highest BCUT2D eigenvalue weighted by Crippen LogP contribution is 2.47. The van der Waals surface area contributed by atoms with Gasteiger partial charge in [-0.3, -0.25) is 9.29 Å². The van der Waals surface area contributed by atoms with Crippen LogP contribution in [0.3, 0.4) is 0 Å². The minimum absolute atomic E-state index is 0.0902. The molecule has 14 heteroatoms. The Hall–Kier alpha value is -1.90. The molecule has 3 heterocycles. The second-order valence-electron chi connectivity index (χ2n) is 8.08. The number of rotatable bonds is 10. The van der Waals surface area contributed by atoms with Gasteiger partial charge < -0.3 is 18.9 Å². The fourth-order valence-corrected chi connectivity index (χ4v) is 5.11. The number of hydrogen-bond donors (Lipinski definition) is 1. The van der Waals surface area contributed by atoms with E-state index in [2.05, 4.69) is 24.9 Å². The highest BCUT2D eigenvalue weighted by Gasteiger charge is 2.49. The van der Waals surface area contributed by atoms with Crippen LogP contribution in [0.1, 0.15) is 43.6 Å². The largest absolute Gasteiger partial charge is 0.382 e. The van der Waals surface area contributed by atoms with Gasteiger partial charge in [0.05, 0.1) is 37.0 Å². The van der Waals surface area contributed by atoms with Crippen molar-refractivity contribution < 1.29 is 27.4 Å². The second-order valence-corrected chi connectivity index (χ2v) is 10.6. The molecule has 2 aliphatic rings. The smallest absolute Gasteiger partial charge is 0.240 e. The molecule has 0 radical (unpaired) electrons. The molecule has 0 aromatic carbocycles. The number of ether oxygens (including phenoxy) is 4. The fourth-order valence-electron chi connectivity index (χ4n) is 3.88. The molecule has 33 heavy (non-hydrogen) atoms. The molecular weight excluding hydrogens is 476 g/mol. The van der Waals surface area contributed by atoms with Crippen LogP contribution in [-0.2, 0) is 34.5 Å². The molecule has 0 bridgehead atoms. The van der Waals surface area contributed by atoms with Crippen molar-refractivity contribution in [1.29, 1.82) is 0 Å². The van der Waals surface area contributed by atoms with E-state index in [1.54, 1.807) is 11.7 Å². The summed E-state index contributed by atoms with van der Waals surface area (Å²) in [5, 5.41) is 7.70. The lowest BCUT2D eigenvalue weighted by molar-refractivity contribution is -0.0956. The summed E-state index contributed by atoms with van der Waals surface area (Å²) in [4.78, 5) is 8.21. The Morgan fingerprint density at radius 2 is 2.00 bits per heavy atom. The maximum Gasteiger partial charge on any atom is 0.240 e. The summed E-state index contributed by atoms with van der Waals surface area (Å²) in [7, 11) is -0.995. The average Bonchev–Trinajstić information content (AvgIpc) is 3.46. The van der Waals surface area contributed by atoms with Crippen molar-refractivity contribution in [3.05, 3.63) is 29.1 Å². The molecule has 1 aliphatic heterocycles. The quantitative estimate of drug-likeness (QED) is 0.507. The van der Waals surface area contributed by atoms with E-state index in [1.165, 1.54) is 26.4 Å². The van der Waals surface area contributed by atoms with E-state index in [0.29, 0.717) is 37.3 Å². The van der Waals surface area contributed by atoms with Crippen molar-refractivity contribution >= 4 is 27.6 Å². The zero-order chi connectivity index (χ0) is 23.6. The highest BCUT2D eigenvalue weighted by atomic mass is 35.5. The van der Waals surface area contributed by atoms with E-state index in [9.17, 15) is 8.42 Å². The van der Waals surface area contributed by atoms with E-state index < -0.39 is 33.0 Å². The first kappa shape index (κ1) is 24.2. The summed E-state index contributed by atoms with van der Waals surface area (Å²) in [5.74, 6) is 0.791. The zero-order valence-corrected chi connectivity index (χ0v) is 20.2. The van der Waals surface area contributed by atoms with Crippen molar-refractivity contribution in [1.82, 2.24) is 24.7 Å². The Morgan fingerprint density at radius 3 is 2.58 bits per heavy atom. The predicted octanol–water partition coefficient (Wildman–Crippen LogP) is 1.46. The number of nitrogens with zero attached hydrogens (tertiary/aromatic N) is 5. The van der Waals surface area contributed by atoms with Gasteiger partial charge in [-0.05, 0) is 19.8 Å². The van der Waals surface area contributed by atoms with Gasteiger partial charge in [-0.15, -0.1) is 10.2 Å². The molecule has 0 unspecified atom stereocenters. The number of hydrogen-bond acceptors (Lipinski definition) is 10. The fraction of sp³-hybridized carbons (Fsp3) is 0.684. The average molecular weight is 503 g/mol. The molecule has 2 aromatic rings. The standard InChI is InChI=1S/C19H27ClN6O6S/c1-12(15(30-3)16-21-8-13(20)9-22-16)33(27,28)25-18-24-23-17(14-10-31-6-7-32-14)26(18)19(4-5-19)11-29-2/h8-9,12,14-15H,4-7,10-11H2,1-3H3,(H,24,25)/t12-,14+,15-/m0/s1. The maximum absolute atomic E-state index is 13.3. The van der Waals surface area contributed by atoms with Gasteiger partial charge in [0.25, 0.3) is 0 Å². The normalized spacial score (nSPS) is 22.0. The Bertz CT molecular complexity index is 1060. The molecule has 1 aliphatic carbocycles. The molecule has 182 valence electrons. The molecule has 1 saturated heterocycles. The first-order chi connectivity index (χ1) is 15.8. The van der Waals surface area contributed by atoms with Gasteiger partial charge in [-0.1, -0.05) is 11.6 Å². The summed E-state index contributed by atoms with van der Waals surface area (Å²) < 4.78 is 53.2. The van der Waals surface area contributed by atoms with Crippen molar-refractivity contribution in [3.63, 3.8) is 0 Å². The van der Waals surface area contributed by atoms with Crippen LogP contribution < -0.4 is 4.72 Å². The summed E-state index contributed by atoms with van der Waals surface area (Å²) >= 11 is 5.85. The van der Waals surface area contributed by atoms with E-state index >= 15 is 0 Å². The predicted molar refractivity (Wildman–Crippen MR) is 117 cm³/mol. The Balaban J connectivity index is 1.64. The Kier molecular flexibility index (Phi) is 7.17. The molecule has 2 aromatic heterocycles. The van der Waals surface area contributed by atoms with Crippen LogP contribution in [-0.4, -0.2) is 79.0 Å². The number of nitrogens with one attached hydrogen (secondary N) is 1. The minimum Gasteiger partial charge on any atom is -0.382 e. The summed E-state index contributed by atoms with van der Waals surface area (Å²) in [6.45, 7) is 3.12. The molecule has 2 fully saturated rings. The molecule has 12 nitrogen and oxygen atoms in total. The van der Waals surface area contributed by atoms with E-state index in [0.717, 1.165) is 12.8 Å². The van der Waals surface area contributed by atoms with Gasteiger partial charge in [-0.2, -0.15) is 0 Å². The number of aromatic nitrogens is 5. The second kappa shape index (κ2) is 9.76. The Labute approximate surface area is 197 Å². The van der Waals surface area contributed by atoms with Gasteiger partial charge in [0, 0.05) is 26.6 Å². The van der Waals surface area contributed by atoms with Crippen LogP contribution in [0.25, 0.3) is 0 Å². The van der Waals surface area contributed by atoms with Gasteiger partial charge in [-0.25, -0.2) is 18.4 Å². The topological polar surface area (TPSA) is 140 Å². The van der Waals surface area contributed by atoms with Gasteiger partial charge in [0.15, 0.2) is 11.6 Å². The molecule has 4 rings (SSSR count). The first-order valence-corrected chi connectivity index (χ1v) is 12.4. The van der Waals surface area contributed by atoms with Crippen molar-refractivity contribution in [3.8, 4) is 0 Å². The number of sulfonamides is 1. The lowest BCUT2D eigenvalue weighted by Crippen LogP contribution is -2.36. The van der Waals surface area contributed by atoms with E-state index in [-0.39, 0.29) is 11.8 Å². The molecule has 3 atom stereocenters. The van der Waals surface area contributed by atoms with Crippen molar-refractivity contribution in [2.45, 2.75) is 42.8 Å². The SMILES string of the molecule is COCC1(n2c(NS(=O)(=O)[C@@H](C)[C@H](OC)c3ncc(Cl)cn3)nnc2[C@H]2COCCO2)CC1. The van der Waals surface area contributed by atoms with Gasteiger partial charge >= 0.3 is 0 Å². The molecule has 1 saturated carbocycles. The van der Waals surface area contributed by atoms with Crippen LogP contribution in [0.2, 0.25) is 5.02 Å². The van der Waals surface area contributed by atoms with E-state index in [1.807, 2.05) is 0 Å². The van der Waals surface area contributed by atoms with Crippen LogP contribution in [0.15, 0.2) is 12.4 Å². The summed E-state index contributed by atoms with van der Waals surface area (Å²) in [6.07, 6.45) is 2.98. The summed E-state index contributed by atoms with van der Waals surface area (Å²) in [5.41, 5.74) is -0.449. The van der Waals surface area contributed by atoms with Crippen LogP contribution in [0, 0.1) is 0 Å². The molecule has 0 spiro atoms. The maximum atomic E-state index is 13.3. The third-order valence-corrected chi connectivity index (χ3v) is 7.69. The first-order valence-electron chi connectivity index (χ1n) is 10.5. The third-order valence-electron chi connectivity index (χ3n) is 5.80. The van der Waals surface area contributed by atoms with Crippen LogP contribution >= 0.6 is 11.6 Å². The van der Waals surface area contributed by atoms with Gasteiger partial charge in [0.1, 0.15) is 17.5 Å². The van der Waals surface area contributed by atoms with Gasteiger partial charge in [0.2, 0.25) is 16.0 Å². The monoisotopic (exact) mass is 502 g/mol. The number of methoxy groups -OCH3 is 2. The van der Waals surface area contributed by atoms with Crippen LogP contribution in [0.4, 0.5) is 5.95 Å². The Morgan fingerprint density at radius 1 is 1.27 bits per heavy atom. The molecular formula is C19H27ClN6O6S. The van der Waals surface area contributed by atoms with E-state index in [4.69, 9.17) is 30.5 Å². The minimum atomic E-state index is -3.99. The van der Waals surface area contributed by atoms with Crippen molar-refractivity contribution in [2.24, 2.45) is 0 Å². The molecule has 0 amide bonds. The lowest BCUT2D eigenvalue weighted by atomic mass is 10.2. The molecule has 1 N–H and O–H groups in total. The number of anilines is 1. The van der Waals surface area contributed by atoms with Crippen molar-refractivity contribution in [2.75, 3.05) is 45.4 Å². The number of halogens is 1. The zero-order valence-electron chi connectivity index (χ0n) is 18.6. The lowest BCUT2D eigenvalue weighted by Gasteiger charge is -2.27.